The highest BCUT2D eigenvalue weighted by molar-refractivity contribution is 7.99. The molecular formula is C7H8F2N2O2S. The Balaban J connectivity index is 2.72. The van der Waals surface area contributed by atoms with Gasteiger partial charge in [-0.2, -0.15) is 5.10 Å². The minimum Gasteiger partial charge on any atom is -0.481 e. The zero-order chi connectivity index (χ0) is 10.7. The number of carbonyl (C=O) groups is 1. The summed E-state index contributed by atoms with van der Waals surface area (Å²) in [5.41, 5.74) is -0.333. The van der Waals surface area contributed by atoms with Gasteiger partial charge in [0.1, 0.15) is 5.69 Å². The third-order valence-corrected chi connectivity index (χ3v) is 2.49. The van der Waals surface area contributed by atoms with Crippen molar-refractivity contribution in [2.75, 3.05) is 5.75 Å². The highest BCUT2D eigenvalue weighted by Gasteiger charge is 2.14. The number of aryl methyl sites for hydroxylation is 1. The van der Waals surface area contributed by atoms with Gasteiger partial charge in [0.05, 0.1) is 10.8 Å². The van der Waals surface area contributed by atoms with Gasteiger partial charge in [0.25, 0.3) is 6.43 Å². The smallest absolute Gasteiger partial charge is 0.313 e. The number of aliphatic carboxylic acids is 1. The van der Waals surface area contributed by atoms with Gasteiger partial charge in [-0.15, -0.1) is 0 Å². The van der Waals surface area contributed by atoms with Gasteiger partial charge in [-0.3, -0.25) is 9.48 Å². The molecule has 14 heavy (non-hydrogen) atoms. The van der Waals surface area contributed by atoms with E-state index in [9.17, 15) is 13.6 Å². The molecule has 78 valence electrons. The number of aromatic nitrogens is 2. The molecule has 0 amide bonds. The summed E-state index contributed by atoms with van der Waals surface area (Å²) in [6.45, 7) is 0. The SMILES string of the molecule is Cn1nc(C(F)F)cc1SCC(=O)O. The van der Waals surface area contributed by atoms with Crippen molar-refractivity contribution in [1.82, 2.24) is 9.78 Å². The molecule has 7 heteroatoms. The molecule has 0 spiro atoms. The fourth-order valence-corrected chi connectivity index (χ4v) is 1.55. The van der Waals surface area contributed by atoms with Crippen LogP contribution >= 0.6 is 11.8 Å². The van der Waals surface area contributed by atoms with Crippen LogP contribution in [0, 0.1) is 0 Å². The highest BCUT2D eigenvalue weighted by Crippen LogP contribution is 2.23. The van der Waals surface area contributed by atoms with E-state index in [4.69, 9.17) is 5.11 Å². The molecule has 1 aromatic heterocycles. The van der Waals surface area contributed by atoms with Crippen LogP contribution in [0.3, 0.4) is 0 Å². The molecule has 1 rings (SSSR count). The molecule has 0 aliphatic carbocycles. The lowest BCUT2D eigenvalue weighted by Gasteiger charge is -1.96. The Morgan fingerprint density at radius 3 is 2.86 bits per heavy atom. The van der Waals surface area contributed by atoms with Gasteiger partial charge in [0.15, 0.2) is 0 Å². The predicted molar refractivity (Wildman–Crippen MR) is 46.5 cm³/mol. The molecule has 1 aromatic rings. The van der Waals surface area contributed by atoms with Gasteiger partial charge >= 0.3 is 5.97 Å². The summed E-state index contributed by atoms with van der Waals surface area (Å²) in [6.07, 6.45) is -2.62. The number of thioether (sulfide) groups is 1. The summed E-state index contributed by atoms with van der Waals surface area (Å²) in [7, 11) is 1.50. The number of hydrogen-bond donors (Lipinski definition) is 1. The molecule has 1 N–H and O–H groups in total. The average Bonchev–Trinajstić information content (AvgIpc) is 2.43. The molecule has 4 nitrogen and oxygen atoms in total. The standard InChI is InChI=1S/C7H8F2N2O2S/c1-11-5(14-3-6(12)13)2-4(10-11)7(8)9/h2,7H,3H2,1H3,(H,12,13). The Hall–Kier alpha value is -1.11. The minimum absolute atomic E-state index is 0.164. The molecule has 0 saturated carbocycles. The summed E-state index contributed by atoms with van der Waals surface area (Å²) in [6, 6.07) is 1.19. The fraction of sp³-hybridized carbons (Fsp3) is 0.429. The molecule has 0 radical (unpaired) electrons. The Morgan fingerprint density at radius 2 is 2.43 bits per heavy atom. The largest absolute Gasteiger partial charge is 0.481 e. The number of alkyl halides is 2. The van der Waals surface area contributed by atoms with Crippen LogP contribution < -0.4 is 0 Å². The first-order valence-corrected chi connectivity index (χ1v) is 4.66. The van der Waals surface area contributed by atoms with Crippen LogP contribution in [0.2, 0.25) is 0 Å². The summed E-state index contributed by atoms with van der Waals surface area (Å²) in [5, 5.41) is 12.3. The van der Waals surface area contributed by atoms with E-state index in [-0.39, 0.29) is 11.4 Å². The summed E-state index contributed by atoms with van der Waals surface area (Å²) < 4.78 is 25.6. The summed E-state index contributed by atoms with van der Waals surface area (Å²) in [4.78, 5) is 10.2. The van der Waals surface area contributed by atoms with Crippen molar-refractivity contribution in [1.29, 1.82) is 0 Å². The molecule has 0 fully saturated rings. The lowest BCUT2D eigenvalue weighted by molar-refractivity contribution is -0.133. The van der Waals surface area contributed by atoms with Gasteiger partial charge in [-0.05, 0) is 6.07 Å². The number of carboxylic acid groups (broad SMARTS) is 1. The van der Waals surface area contributed by atoms with Crippen LogP contribution in [0.1, 0.15) is 12.1 Å². The van der Waals surface area contributed by atoms with Crippen molar-refractivity contribution in [2.24, 2.45) is 7.05 Å². The minimum atomic E-state index is -2.62. The second-order valence-electron chi connectivity index (χ2n) is 2.51. The van der Waals surface area contributed by atoms with Gasteiger partial charge in [-0.25, -0.2) is 8.78 Å². The first-order chi connectivity index (χ1) is 6.50. The van der Waals surface area contributed by atoms with Crippen LogP contribution in [-0.4, -0.2) is 26.6 Å². The molecule has 0 aliphatic heterocycles. The topological polar surface area (TPSA) is 55.1 Å². The van der Waals surface area contributed by atoms with Crippen molar-refractivity contribution < 1.29 is 18.7 Å². The van der Waals surface area contributed by atoms with E-state index < -0.39 is 12.4 Å². The molecule has 0 atom stereocenters. The maximum Gasteiger partial charge on any atom is 0.313 e. The number of hydrogen-bond acceptors (Lipinski definition) is 3. The van der Waals surface area contributed by atoms with E-state index in [1.54, 1.807) is 0 Å². The van der Waals surface area contributed by atoms with Crippen molar-refractivity contribution in [3.8, 4) is 0 Å². The Kier molecular flexibility index (Phi) is 3.45. The van der Waals surface area contributed by atoms with Crippen LogP contribution in [0.4, 0.5) is 8.78 Å². The number of halogens is 2. The van der Waals surface area contributed by atoms with E-state index in [1.807, 2.05) is 0 Å². The normalized spacial score (nSPS) is 10.9. The Bertz CT molecular complexity index is 340. The monoisotopic (exact) mass is 222 g/mol. The zero-order valence-electron chi connectivity index (χ0n) is 7.28. The third kappa shape index (κ3) is 2.69. The van der Waals surface area contributed by atoms with E-state index in [1.165, 1.54) is 17.8 Å². The molecular weight excluding hydrogens is 214 g/mol. The van der Waals surface area contributed by atoms with Crippen molar-refractivity contribution in [2.45, 2.75) is 11.5 Å². The first-order valence-electron chi connectivity index (χ1n) is 3.67. The van der Waals surface area contributed by atoms with Gasteiger partial charge in [0, 0.05) is 7.05 Å². The summed E-state index contributed by atoms with van der Waals surface area (Å²) in [5.74, 6) is -1.16. The van der Waals surface area contributed by atoms with E-state index in [0.717, 1.165) is 11.8 Å². The van der Waals surface area contributed by atoms with Crippen molar-refractivity contribution in [3.63, 3.8) is 0 Å². The second-order valence-corrected chi connectivity index (χ2v) is 3.51. The predicted octanol–water partition coefficient (Wildman–Crippen LogP) is 1.53. The van der Waals surface area contributed by atoms with Crippen LogP contribution in [0.5, 0.6) is 0 Å². The third-order valence-electron chi connectivity index (χ3n) is 1.42. The molecule has 0 aromatic carbocycles. The van der Waals surface area contributed by atoms with Crippen LogP contribution in [0.25, 0.3) is 0 Å². The quantitative estimate of drug-likeness (QED) is 0.785. The highest BCUT2D eigenvalue weighted by atomic mass is 32.2. The van der Waals surface area contributed by atoms with E-state index in [2.05, 4.69) is 5.10 Å². The van der Waals surface area contributed by atoms with E-state index >= 15 is 0 Å². The molecule has 0 bridgehead atoms. The van der Waals surface area contributed by atoms with E-state index in [0.29, 0.717) is 5.03 Å². The van der Waals surface area contributed by atoms with Gasteiger partial charge in [-0.1, -0.05) is 11.8 Å². The Morgan fingerprint density at radius 1 is 1.79 bits per heavy atom. The number of carboxylic acids is 1. The first kappa shape index (κ1) is 11.0. The molecule has 0 unspecified atom stereocenters. The lowest BCUT2D eigenvalue weighted by atomic mass is 10.5. The fourth-order valence-electron chi connectivity index (χ4n) is 0.849. The number of rotatable bonds is 4. The lowest BCUT2D eigenvalue weighted by Crippen LogP contribution is -2.00. The van der Waals surface area contributed by atoms with Crippen molar-refractivity contribution >= 4 is 17.7 Å². The van der Waals surface area contributed by atoms with Crippen molar-refractivity contribution in [3.05, 3.63) is 11.8 Å². The van der Waals surface area contributed by atoms with Crippen LogP contribution in [0.15, 0.2) is 11.1 Å². The zero-order valence-corrected chi connectivity index (χ0v) is 8.09. The average molecular weight is 222 g/mol. The van der Waals surface area contributed by atoms with Crippen LogP contribution in [-0.2, 0) is 11.8 Å². The second kappa shape index (κ2) is 4.41. The molecule has 0 saturated heterocycles. The van der Waals surface area contributed by atoms with Gasteiger partial charge in [0.2, 0.25) is 0 Å². The van der Waals surface area contributed by atoms with Gasteiger partial charge < -0.3 is 5.11 Å². The molecule has 0 aliphatic rings. The summed E-state index contributed by atoms with van der Waals surface area (Å²) >= 11 is 0.961. The molecule has 1 heterocycles. The maximum atomic E-state index is 12.2. The number of nitrogens with zero attached hydrogens (tertiary/aromatic N) is 2. The Labute approximate surface area is 82.9 Å². The maximum absolute atomic E-state index is 12.2.